The maximum atomic E-state index is 12.8. The second kappa shape index (κ2) is 7.17. The highest BCUT2D eigenvalue weighted by Crippen LogP contribution is 2.28. The summed E-state index contributed by atoms with van der Waals surface area (Å²) in [5.74, 6) is 0.178. The first kappa shape index (κ1) is 16.2. The van der Waals surface area contributed by atoms with Crippen LogP contribution in [0.5, 0.6) is 0 Å². The number of nitrogens with one attached hydrogen (secondary N) is 1. The first-order valence-electron chi connectivity index (χ1n) is 6.52. The zero-order chi connectivity index (χ0) is 15.3. The first-order valence-corrected chi connectivity index (χ1v) is 8.66. The number of rotatable bonds is 6. The summed E-state index contributed by atoms with van der Waals surface area (Å²) < 4.78 is 12.8. The van der Waals surface area contributed by atoms with E-state index in [0.717, 1.165) is 10.6 Å². The molecule has 0 spiro atoms. The molecule has 21 heavy (non-hydrogen) atoms. The number of aliphatic carboxylic acids is 1. The van der Waals surface area contributed by atoms with E-state index in [1.165, 1.54) is 35.7 Å². The molecule has 0 aliphatic carbocycles. The van der Waals surface area contributed by atoms with Crippen LogP contribution in [0.4, 0.5) is 4.39 Å². The molecular weight excluding hydrogens is 313 g/mol. The van der Waals surface area contributed by atoms with E-state index < -0.39 is 11.5 Å². The molecule has 2 N–H and O–H groups in total. The van der Waals surface area contributed by atoms with Crippen molar-refractivity contribution >= 4 is 35.4 Å². The summed E-state index contributed by atoms with van der Waals surface area (Å²) >= 11 is 2.98. The lowest BCUT2D eigenvalue weighted by molar-refractivity contribution is -0.146. The fourth-order valence-electron chi connectivity index (χ4n) is 2.01. The minimum absolute atomic E-state index is 0.238. The number of carboxylic acid groups (broad SMARTS) is 1. The molecule has 1 amide bonds. The van der Waals surface area contributed by atoms with Crippen LogP contribution < -0.4 is 5.32 Å². The van der Waals surface area contributed by atoms with Crippen LogP contribution in [0.25, 0.3) is 0 Å². The van der Waals surface area contributed by atoms with Gasteiger partial charge in [0, 0.05) is 22.8 Å². The molecule has 1 saturated heterocycles. The topological polar surface area (TPSA) is 66.4 Å². The lowest BCUT2D eigenvalue weighted by Gasteiger charge is -2.24. The Hall–Kier alpha value is -1.21. The highest BCUT2D eigenvalue weighted by Gasteiger charge is 2.43. The average molecular weight is 329 g/mol. The van der Waals surface area contributed by atoms with E-state index >= 15 is 0 Å². The molecule has 2 rings (SSSR count). The minimum atomic E-state index is -1.11. The number of thioether (sulfide) groups is 2. The van der Waals surface area contributed by atoms with Crippen molar-refractivity contribution in [1.29, 1.82) is 0 Å². The van der Waals surface area contributed by atoms with Crippen LogP contribution in [-0.4, -0.2) is 39.8 Å². The molecule has 114 valence electrons. The lowest BCUT2D eigenvalue weighted by Crippen LogP contribution is -2.54. The third-order valence-corrected chi connectivity index (χ3v) is 5.42. The van der Waals surface area contributed by atoms with Crippen LogP contribution in [0, 0.1) is 5.82 Å². The molecule has 0 aromatic heterocycles. The van der Waals surface area contributed by atoms with Gasteiger partial charge in [-0.2, -0.15) is 11.8 Å². The van der Waals surface area contributed by atoms with E-state index in [1.54, 1.807) is 12.1 Å². The van der Waals surface area contributed by atoms with E-state index in [2.05, 4.69) is 5.32 Å². The predicted octanol–water partition coefficient (Wildman–Crippen LogP) is 2.38. The fourth-order valence-corrected chi connectivity index (χ4v) is 4.18. The Balaban J connectivity index is 1.79. The number of carboxylic acids is 1. The molecule has 1 unspecified atom stereocenters. The van der Waals surface area contributed by atoms with Gasteiger partial charge in [0.1, 0.15) is 11.4 Å². The van der Waals surface area contributed by atoms with Gasteiger partial charge in [0.15, 0.2) is 0 Å². The molecule has 1 fully saturated rings. The van der Waals surface area contributed by atoms with Gasteiger partial charge >= 0.3 is 5.97 Å². The number of benzene rings is 1. The Morgan fingerprint density at radius 3 is 2.67 bits per heavy atom. The molecule has 0 saturated carbocycles. The monoisotopic (exact) mass is 329 g/mol. The molecule has 1 aliphatic heterocycles. The normalized spacial score (nSPS) is 21.2. The van der Waals surface area contributed by atoms with E-state index in [-0.39, 0.29) is 18.1 Å². The van der Waals surface area contributed by atoms with Crippen molar-refractivity contribution in [3.8, 4) is 0 Å². The van der Waals surface area contributed by atoms with Crippen LogP contribution in [0.1, 0.15) is 12.8 Å². The van der Waals surface area contributed by atoms with Crippen molar-refractivity contribution < 1.29 is 19.1 Å². The Kier molecular flexibility index (Phi) is 5.52. The summed E-state index contributed by atoms with van der Waals surface area (Å²) in [4.78, 5) is 24.1. The van der Waals surface area contributed by atoms with Crippen molar-refractivity contribution in [3.05, 3.63) is 30.1 Å². The molecule has 1 aromatic carbocycles. The molecule has 1 aliphatic rings. The van der Waals surface area contributed by atoms with Gasteiger partial charge < -0.3 is 10.4 Å². The SMILES string of the molecule is O=C(CCSc1ccc(F)cc1)NC1(C(=O)O)CCSC1. The van der Waals surface area contributed by atoms with Gasteiger partial charge in [-0.25, -0.2) is 9.18 Å². The second-order valence-corrected chi connectivity index (χ2v) is 7.06. The minimum Gasteiger partial charge on any atom is -0.479 e. The molecule has 1 heterocycles. The van der Waals surface area contributed by atoms with Crippen LogP contribution in [-0.2, 0) is 9.59 Å². The summed E-state index contributed by atoms with van der Waals surface area (Å²) in [7, 11) is 0. The van der Waals surface area contributed by atoms with Gasteiger partial charge in [-0.05, 0) is 36.4 Å². The molecule has 4 nitrogen and oxygen atoms in total. The maximum Gasteiger partial charge on any atom is 0.330 e. The van der Waals surface area contributed by atoms with Crippen LogP contribution in [0.2, 0.25) is 0 Å². The van der Waals surface area contributed by atoms with Gasteiger partial charge in [-0.15, -0.1) is 11.8 Å². The highest BCUT2D eigenvalue weighted by atomic mass is 32.2. The predicted molar refractivity (Wildman–Crippen MR) is 82.2 cm³/mol. The highest BCUT2D eigenvalue weighted by molar-refractivity contribution is 7.99. The number of carbonyl (C=O) groups excluding carboxylic acids is 1. The van der Waals surface area contributed by atoms with Crippen LogP contribution >= 0.6 is 23.5 Å². The molecule has 7 heteroatoms. The summed E-state index contributed by atoms with van der Waals surface area (Å²) in [5, 5.41) is 11.9. The maximum absolute atomic E-state index is 12.8. The zero-order valence-electron chi connectivity index (χ0n) is 11.3. The Labute approximate surface area is 130 Å². The molecule has 1 aromatic rings. The third-order valence-electron chi connectivity index (χ3n) is 3.22. The lowest BCUT2D eigenvalue weighted by atomic mass is 9.99. The first-order chi connectivity index (χ1) is 10.0. The Bertz CT molecular complexity index is 515. The standard InChI is InChI=1S/C14H16FNO3S2/c15-10-1-3-11(4-2-10)21-7-5-12(17)16-14(13(18)19)6-8-20-9-14/h1-4H,5-9H2,(H,16,17)(H,18,19). The van der Waals surface area contributed by atoms with E-state index in [4.69, 9.17) is 0 Å². The van der Waals surface area contributed by atoms with Gasteiger partial charge in [0.2, 0.25) is 5.91 Å². The molecular formula is C14H16FNO3S2. The van der Waals surface area contributed by atoms with Gasteiger partial charge in [0.05, 0.1) is 0 Å². The third kappa shape index (κ3) is 4.38. The number of amides is 1. The van der Waals surface area contributed by atoms with Crippen molar-refractivity contribution in [2.24, 2.45) is 0 Å². The van der Waals surface area contributed by atoms with E-state index in [9.17, 15) is 19.1 Å². The van der Waals surface area contributed by atoms with Crippen LogP contribution in [0.3, 0.4) is 0 Å². The largest absolute Gasteiger partial charge is 0.479 e. The Morgan fingerprint density at radius 2 is 2.10 bits per heavy atom. The quantitative estimate of drug-likeness (QED) is 0.785. The second-order valence-electron chi connectivity index (χ2n) is 4.79. The van der Waals surface area contributed by atoms with E-state index in [1.807, 2.05) is 0 Å². The summed E-state index contributed by atoms with van der Waals surface area (Å²) in [6.07, 6.45) is 0.700. The molecule has 0 bridgehead atoms. The number of carbonyl (C=O) groups is 2. The van der Waals surface area contributed by atoms with Crippen molar-refractivity contribution in [3.63, 3.8) is 0 Å². The molecule has 0 radical (unpaired) electrons. The summed E-state index contributed by atoms with van der Waals surface area (Å²) in [6.45, 7) is 0. The van der Waals surface area contributed by atoms with Gasteiger partial charge in [-0.3, -0.25) is 4.79 Å². The number of hydrogen-bond donors (Lipinski definition) is 2. The van der Waals surface area contributed by atoms with Crippen molar-refractivity contribution in [2.75, 3.05) is 17.3 Å². The van der Waals surface area contributed by atoms with Crippen molar-refractivity contribution in [1.82, 2.24) is 5.32 Å². The smallest absolute Gasteiger partial charge is 0.330 e. The van der Waals surface area contributed by atoms with Crippen molar-refractivity contribution in [2.45, 2.75) is 23.3 Å². The number of halogens is 1. The summed E-state index contributed by atoms with van der Waals surface area (Å²) in [5.41, 5.74) is -1.11. The molecule has 1 atom stereocenters. The van der Waals surface area contributed by atoms with Gasteiger partial charge in [0.25, 0.3) is 0 Å². The average Bonchev–Trinajstić information content (AvgIpc) is 2.91. The summed E-state index contributed by atoms with van der Waals surface area (Å²) in [6, 6.07) is 6.06. The Morgan fingerprint density at radius 1 is 1.38 bits per heavy atom. The van der Waals surface area contributed by atoms with E-state index in [0.29, 0.717) is 17.9 Å². The number of hydrogen-bond acceptors (Lipinski definition) is 4. The fraction of sp³-hybridized carbons (Fsp3) is 0.429. The van der Waals surface area contributed by atoms with Crippen LogP contribution in [0.15, 0.2) is 29.2 Å². The van der Waals surface area contributed by atoms with Gasteiger partial charge in [-0.1, -0.05) is 0 Å². The zero-order valence-corrected chi connectivity index (χ0v) is 12.9.